The van der Waals surface area contributed by atoms with Crippen molar-refractivity contribution in [3.8, 4) is 5.88 Å². The van der Waals surface area contributed by atoms with Crippen molar-refractivity contribution in [2.24, 2.45) is 0 Å². The van der Waals surface area contributed by atoms with Crippen LogP contribution in [0.1, 0.15) is 20.3 Å². The lowest BCUT2D eigenvalue weighted by Gasteiger charge is -2.19. The largest absolute Gasteiger partial charge is 0.468 e. The van der Waals surface area contributed by atoms with Gasteiger partial charge < -0.3 is 20.3 Å². The van der Waals surface area contributed by atoms with E-state index in [4.69, 9.17) is 14.9 Å². The molecule has 5 nitrogen and oxygen atoms in total. The number of hydrogen-bond donors (Lipinski definition) is 3. The molecule has 0 fully saturated rings. The third-order valence-corrected chi connectivity index (χ3v) is 2.47. The maximum atomic E-state index is 8.97. The minimum atomic E-state index is -0.637. The minimum Gasteiger partial charge on any atom is -0.468 e. The summed E-state index contributed by atoms with van der Waals surface area (Å²) < 4.78 is 5.42. The monoisotopic (exact) mass is 240 g/mol. The summed E-state index contributed by atoms with van der Waals surface area (Å²) in [5, 5.41) is 21.2. The van der Waals surface area contributed by atoms with Crippen molar-refractivity contribution in [1.29, 1.82) is 0 Å². The van der Waals surface area contributed by atoms with Gasteiger partial charge in [0.15, 0.2) is 0 Å². The van der Waals surface area contributed by atoms with Crippen LogP contribution in [0.2, 0.25) is 0 Å². The molecule has 0 aromatic carbocycles. The number of aromatic nitrogens is 1. The average molecular weight is 240 g/mol. The van der Waals surface area contributed by atoms with Crippen LogP contribution in [-0.4, -0.2) is 40.6 Å². The van der Waals surface area contributed by atoms with Gasteiger partial charge in [0, 0.05) is 12.2 Å². The zero-order valence-electron chi connectivity index (χ0n) is 10.3. The minimum absolute atomic E-state index is 0.240. The van der Waals surface area contributed by atoms with Gasteiger partial charge >= 0.3 is 0 Å². The van der Waals surface area contributed by atoms with Crippen LogP contribution in [0.25, 0.3) is 0 Å². The Hall–Kier alpha value is -1.33. The number of pyridine rings is 1. The molecule has 0 aliphatic rings. The molecule has 3 N–H and O–H groups in total. The Bertz CT molecular complexity index is 329. The highest BCUT2D eigenvalue weighted by atomic mass is 16.5. The van der Waals surface area contributed by atoms with E-state index < -0.39 is 6.10 Å². The second-order valence-corrected chi connectivity index (χ2v) is 3.91. The molecule has 96 valence electrons. The Labute approximate surface area is 101 Å². The highest BCUT2D eigenvalue weighted by Gasteiger charge is 2.12. The van der Waals surface area contributed by atoms with Crippen LogP contribution in [-0.2, 0) is 0 Å². The molecular formula is C12H20N2O3. The molecule has 17 heavy (non-hydrogen) atoms. The van der Waals surface area contributed by atoms with E-state index >= 15 is 0 Å². The summed E-state index contributed by atoms with van der Waals surface area (Å²) >= 11 is 0. The average Bonchev–Trinajstić information content (AvgIpc) is 2.37. The van der Waals surface area contributed by atoms with Gasteiger partial charge in [0.25, 0.3) is 0 Å². The molecule has 1 atom stereocenters. The van der Waals surface area contributed by atoms with Crippen molar-refractivity contribution in [3.05, 3.63) is 18.3 Å². The Balaban J connectivity index is 2.76. The maximum absolute atomic E-state index is 8.97. The first-order chi connectivity index (χ1) is 8.21. The molecule has 1 unspecified atom stereocenters. The summed E-state index contributed by atoms with van der Waals surface area (Å²) in [7, 11) is 0. The number of nitrogens with one attached hydrogen (secondary N) is 1. The Morgan fingerprint density at radius 3 is 2.71 bits per heavy atom. The van der Waals surface area contributed by atoms with Gasteiger partial charge in [0.05, 0.1) is 18.9 Å². The predicted octanol–water partition coefficient (Wildman–Crippen LogP) is 1.02. The summed E-state index contributed by atoms with van der Waals surface area (Å²) in [4.78, 5) is 4.09. The molecule has 0 aliphatic carbocycles. The van der Waals surface area contributed by atoms with E-state index in [0.29, 0.717) is 11.9 Å². The van der Waals surface area contributed by atoms with Crippen molar-refractivity contribution in [2.45, 2.75) is 32.4 Å². The van der Waals surface area contributed by atoms with Crippen molar-refractivity contribution in [2.75, 3.05) is 18.5 Å². The molecule has 0 saturated heterocycles. The van der Waals surface area contributed by atoms with Crippen LogP contribution < -0.4 is 10.1 Å². The molecular weight excluding hydrogens is 220 g/mol. The molecule has 0 bridgehead atoms. The van der Waals surface area contributed by atoms with E-state index in [2.05, 4.69) is 24.1 Å². The molecule has 0 spiro atoms. The van der Waals surface area contributed by atoms with Gasteiger partial charge in [-0.25, -0.2) is 4.98 Å². The van der Waals surface area contributed by atoms with Crippen molar-refractivity contribution in [3.63, 3.8) is 0 Å². The van der Waals surface area contributed by atoms with Crippen molar-refractivity contribution in [1.82, 2.24) is 4.98 Å². The summed E-state index contributed by atoms with van der Waals surface area (Å²) in [6, 6.07) is 3.98. The van der Waals surface area contributed by atoms with Crippen LogP contribution in [0.5, 0.6) is 5.88 Å². The smallest absolute Gasteiger partial charge is 0.237 e. The number of rotatable bonds is 7. The third kappa shape index (κ3) is 4.20. The van der Waals surface area contributed by atoms with Crippen LogP contribution in [0, 0.1) is 0 Å². The number of ether oxygens (including phenoxy) is 1. The quantitative estimate of drug-likeness (QED) is 0.663. The standard InChI is InChI=1S/C12H20N2O3/c1-3-9(2)14-11-5-4-6-13-12(11)17-10(7-15)8-16/h4-6,9-10,14-16H,3,7-8H2,1-2H3. The number of hydrogen-bond acceptors (Lipinski definition) is 5. The summed E-state index contributed by atoms with van der Waals surface area (Å²) in [6.45, 7) is 3.66. The van der Waals surface area contributed by atoms with Crippen molar-refractivity contribution >= 4 is 5.69 Å². The third-order valence-electron chi connectivity index (χ3n) is 2.47. The van der Waals surface area contributed by atoms with E-state index in [0.717, 1.165) is 12.1 Å². The molecule has 1 aromatic heterocycles. The van der Waals surface area contributed by atoms with Crippen LogP contribution in [0.15, 0.2) is 18.3 Å². The first-order valence-corrected chi connectivity index (χ1v) is 5.81. The number of nitrogens with zero attached hydrogens (tertiary/aromatic N) is 1. The van der Waals surface area contributed by atoms with Crippen LogP contribution >= 0.6 is 0 Å². The predicted molar refractivity (Wildman–Crippen MR) is 66.2 cm³/mol. The van der Waals surface area contributed by atoms with Crippen molar-refractivity contribution < 1.29 is 14.9 Å². The molecule has 5 heteroatoms. The summed E-state index contributed by atoms with van der Waals surface area (Å²) in [5.41, 5.74) is 0.772. The molecule has 0 aliphatic heterocycles. The molecule has 0 amide bonds. The lowest BCUT2D eigenvalue weighted by Crippen LogP contribution is -2.26. The lowest BCUT2D eigenvalue weighted by atomic mass is 10.2. The fourth-order valence-corrected chi connectivity index (χ4v) is 1.25. The van der Waals surface area contributed by atoms with Gasteiger partial charge in [-0.2, -0.15) is 0 Å². The van der Waals surface area contributed by atoms with Gasteiger partial charge in [-0.3, -0.25) is 0 Å². The van der Waals surface area contributed by atoms with Gasteiger partial charge in [-0.05, 0) is 25.5 Å². The van der Waals surface area contributed by atoms with E-state index in [9.17, 15) is 0 Å². The molecule has 1 heterocycles. The second kappa shape index (κ2) is 7.09. The molecule has 0 saturated carbocycles. The van der Waals surface area contributed by atoms with E-state index in [1.54, 1.807) is 6.20 Å². The summed E-state index contributed by atoms with van der Waals surface area (Å²) in [6.07, 6.45) is 1.96. The van der Waals surface area contributed by atoms with Gasteiger partial charge in [-0.1, -0.05) is 6.92 Å². The number of aliphatic hydroxyl groups excluding tert-OH is 2. The first-order valence-electron chi connectivity index (χ1n) is 5.81. The van der Waals surface area contributed by atoms with Crippen LogP contribution in [0.3, 0.4) is 0 Å². The maximum Gasteiger partial charge on any atom is 0.237 e. The summed E-state index contributed by atoms with van der Waals surface area (Å²) in [5.74, 6) is 0.404. The van der Waals surface area contributed by atoms with E-state index in [1.807, 2.05) is 12.1 Å². The first kappa shape index (κ1) is 13.7. The van der Waals surface area contributed by atoms with E-state index in [-0.39, 0.29) is 13.2 Å². The molecule has 0 radical (unpaired) electrons. The topological polar surface area (TPSA) is 74.6 Å². The van der Waals surface area contributed by atoms with E-state index in [1.165, 1.54) is 0 Å². The zero-order chi connectivity index (χ0) is 12.7. The Kier molecular flexibility index (Phi) is 5.72. The van der Waals surface area contributed by atoms with Gasteiger partial charge in [0.2, 0.25) is 5.88 Å². The van der Waals surface area contributed by atoms with Gasteiger partial charge in [-0.15, -0.1) is 0 Å². The highest BCUT2D eigenvalue weighted by molar-refractivity contribution is 5.52. The fraction of sp³-hybridized carbons (Fsp3) is 0.583. The Morgan fingerprint density at radius 2 is 2.12 bits per heavy atom. The fourth-order valence-electron chi connectivity index (χ4n) is 1.25. The normalized spacial score (nSPS) is 12.5. The number of aliphatic hydroxyl groups is 2. The lowest BCUT2D eigenvalue weighted by molar-refractivity contribution is 0.0602. The SMILES string of the molecule is CCC(C)Nc1cccnc1OC(CO)CO. The van der Waals surface area contributed by atoms with Gasteiger partial charge in [0.1, 0.15) is 6.10 Å². The molecule has 1 aromatic rings. The van der Waals surface area contributed by atoms with Crippen LogP contribution in [0.4, 0.5) is 5.69 Å². The molecule has 1 rings (SSSR count). The Morgan fingerprint density at radius 1 is 1.41 bits per heavy atom. The number of anilines is 1. The highest BCUT2D eigenvalue weighted by Crippen LogP contribution is 2.22. The zero-order valence-corrected chi connectivity index (χ0v) is 10.3. The second-order valence-electron chi connectivity index (χ2n) is 3.91.